The second kappa shape index (κ2) is 3.92. The van der Waals surface area contributed by atoms with Crippen molar-refractivity contribution in [3.8, 4) is 5.75 Å². The number of hydrogen-bond donors (Lipinski definition) is 2. The molecule has 5 heteroatoms. The summed E-state index contributed by atoms with van der Waals surface area (Å²) in [4.78, 5) is 13.3. The molecule has 1 saturated heterocycles. The molecular weight excluding hydrogens is 236 g/mol. The Hall–Kier alpha value is -1.20. The molecule has 1 spiro atoms. The molecule has 2 N–H and O–H groups in total. The molecule has 1 unspecified atom stereocenters. The number of benzene rings is 1. The summed E-state index contributed by atoms with van der Waals surface area (Å²) in [6.07, 6.45) is 0.823. The van der Waals surface area contributed by atoms with Crippen LogP contribution in [-0.4, -0.2) is 25.4 Å². The van der Waals surface area contributed by atoms with E-state index in [0.29, 0.717) is 6.67 Å². The first-order chi connectivity index (χ1) is 8.26. The number of ether oxygens (including phenoxy) is 1. The second-order valence-electron chi connectivity index (χ2n) is 4.23. The van der Waals surface area contributed by atoms with Gasteiger partial charge >= 0.3 is 0 Å². The van der Waals surface area contributed by atoms with Crippen molar-refractivity contribution in [1.82, 2.24) is 10.6 Å². The lowest BCUT2D eigenvalue weighted by Gasteiger charge is -2.33. The lowest BCUT2D eigenvalue weighted by Crippen LogP contribution is -2.45. The Morgan fingerprint density at radius 1 is 1.47 bits per heavy atom. The number of fused-ring (bicyclic) bond motifs is 2. The summed E-state index contributed by atoms with van der Waals surface area (Å²) in [6, 6.07) is 5.95. The first-order valence-corrected chi connectivity index (χ1v) is 6.59. The van der Waals surface area contributed by atoms with E-state index < -0.39 is 5.54 Å². The molecule has 2 aliphatic rings. The van der Waals surface area contributed by atoms with Crippen molar-refractivity contribution in [2.45, 2.75) is 16.9 Å². The SMILES string of the molecule is COc1ccc2c(c1)C1(CCS2)NCNC1=O. The summed E-state index contributed by atoms with van der Waals surface area (Å²) < 4.78 is 5.25. The van der Waals surface area contributed by atoms with Gasteiger partial charge in [0.25, 0.3) is 0 Å². The molecule has 0 saturated carbocycles. The highest BCUT2D eigenvalue weighted by Gasteiger charge is 2.46. The maximum Gasteiger partial charge on any atom is 0.246 e. The van der Waals surface area contributed by atoms with Gasteiger partial charge in [-0.05, 0) is 30.2 Å². The molecule has 0 bridgehead atoms. The zero-order chi connectivity index (χ0) is 11.9. The molecule has 1 fully saturated rings. The summed E-state index contributed by atoms with van der Waals surface area (Å²) in [6.45, 7) is 0.542. The van der Waals surface area contributed by atoms with Crippen molar-refractivity contribution in [1.29, 1.82) is 0 Å². The number of rotatable bonds is 1. The quantitative estimate of drug-likeness (QED) is 0.782. The van der Waals surface area contributed by atoms with Crippen molar-refractivity contribution in [3.63, 3.8) is 0 Å². The predicted molar refractivity (Wildman–Crippen MR) is 66.2 cm³/mol. The van der Waals surface area contributed by atoms with E-state index in [0.717, 1.165) is 23.5 Å². The predicted octanol–water partition coefficient (Wildman–Crippen LogP) is 1.06. The largest absolute Gasteiger partial charge is 0.497 e. The Bertz CT molecular complexity index is 478. The van der Waals surface area contributed by atoms with E-state index in [1.54, 1.807) is 18.9 Å². The number of carbonyl (C=O) groups is 1. The average molecular weight is 250 g/mol. The van der Waals surface area contributed by atoms with E-state index >= 15 is 0 Å². The van der Waals surface area contributed by atoms with Crippen LogP contribution in [0.15, 0.2) is 23.1 Å². The third-order valence-corrected chi connectivity index (χ3v) is 4.48. The molecule has 90 valence electrons. The van der Waals surface area contributed by atoms with Gasteiger partial charge in [-0.15, -0.1) is 11.8 Å². The zero-order valence-electron chi connectivity index (χ0n) is 9.58. The van der Waals surface area contributed by atoms with Crippen LogP contribution in [0.2, 0.25) is 0 Å². The van der Waals surface area contributed by atoms with Crippen LogP contribution in [0.5, 0.6) is 5.75 Å². The van der Waals surface area contributed by atoms with Gasteiger partial charge in [0, 0.05) is 10.6 Å². The molecule has 1 aromatic rings. The van der Waals surface area contributed by atoms with E-state index in [9.17, 15) is 4.79 Å². The van der Waals surface area contributed by atoms with Crippen LogP contribution in [0.3, 0.4) is 0 Å². The summed E-state index contributed by atoms with van der Waals surface area (Å²) in [5.74, 6) is 1.83. The van der Waals surface area contributed by atoms with Crippen LogP contribution in [0, 0.1) is 0 Å². The van der Waals surface area contributed by atoms with Crippen LogP contribution in [-0.2, 0) is 10.3 Å². The maximum atomic E-state index is 12.1. The van der Waals surface area contributed by atoms with Crippen molar-refractivity contribution in [2.24, 2.45) is 0 Å². The Morgan fingerprint density at radius 2 is 2.35 bits per heavy atom. The summed E-state index contributed by atoms with van der Waals surface area (Å²) in [5, 5.41) is 6.16. The molecule has 0 aliphatic carbocycles. The molecule has 0 aromatic heterocycles. The van der Waals surface area contributed by atoms with Gasteiger partial charge < -0.3 is 10.1 Å². The first kappa shape index (κ1) is 10.9. The molecular formula is C12H14N2O2S. The van der Waals surface area contributed by atoms with E-state index in [4.69, 9.17) is 4.74 Å². The van der Waals surface area contributed by atoms with Crippen LogP contribution in [0.1, 0.15) is 12.0 Å². The summed E-state index contributed by atoms with van der Waals surface area (Å²) in [7, 11) is 1.65. The van der Waals surface area contributed by atoms with Crippen LogP contribution in [0.25, 0.3) is 0 Å². The van der Waals surface area contributed by atoms with Gasteiger partial charge in [0.15, 0.2) is 0 Å². The Labute approximate surface area is 104 Å². The topological polar surface area (TPSA) is 50.4 Å². The number of carbonyl (C=O) groups excluding carboxylic acids is 1. The molecule has 0 radical (unpaired) electrons. The number of methoxy groups -OCH3 is 1. The number of hydrogen-bond acceptors (Lipinski definition) is 4. The number of nitrogens with one attached hydrogen (secondary N) is 2. The Kier molecular flexibility index (Phi) is 2.52. The highest BCUT2D eigenvalue weighted by molar-refractivity contribution is 7.99. The van der Waals surface area contributed by atoms with Gasteiger partial charge in [0.05, 0.1) is 13.8 Å². The van der Waals surface area contributed by atoms with Crippen molar-refractivity contribution in [3.05, 3.63) is 23.8 Å². The third-order valence-electron chi connectivity index (χ3n) is 3.41. The van der Waals surface area contributed by atoms with E-state index in [2.05, 4.69) is 10.6 Å². The van der Waals surface area contributed by atoms with Crippen LogP contribution >= 0.6 is 11.8 Å². The molecule has 2 heterocycles. The van der Waals surface area contributed by atoms with Gasteiger partial charge in [-0.1, -0.05) is 0 Å². The second-order valence-corrected chi connectivity index (χ2v) is 5.36. The van der Waals surface area contributed by atoms with Gasteiger partial charge in [-0.25, -0.2) is 0 Å². The van der Waals surface area contributed by atoms with Gasteiger partial charge in [0.2, 0.25) is 5.91 Å². The summed E-state index contributed by atoms with van der Waals surface area (Å²) >= 11 is 1.80. The Morgan fingerprint density at radius 3 is 3.06 bits per heavy atom. The fourth-order valence-corrected chi connectivity index (χ4v) is 3.65. The van der Waals surface area contributed by atoms with E-state index in [-0.39, 0.29) is 5.91 Å². The minimum Gasteiger partial charge on any atom is -0.497 e. The molecule has 3 rings (SSSR count). The maximum absolute atomic E-state index is 12.1. The van der Waals surface area contributed by atoms with Crippen LogP contribution in [0.4, 0.5) is 0 Å². The number of thioether (sulfide) groups is 1. The monoisotopic (exact) mass is 250 g/mol. The molecule has 1 amide bonds. The van der Waals surface area contributed by atoms with Crippen molar-refractivity contribution >= 4 is 17.7 Å². The minimum atomic E-state index is -0.547. The normalized spacial score (nSPS) is 26.8. The fourth-order valence-electron chi connectivity index (χ4n) is 2.47. The zero-order valence-corrected chi connectivity index (χ0v) is 10.4. The van der Waals surface area contributed by atoms with Gasteiger partial charge in [0.1, 0.15) is 11.3 Å². The van der Waals surface area contributed by atoms with Gasteiger partial charge in [-0.3, -0.25) is 10.1 Å². The fraction of sp³-hybridized carbons (Fsp3) is 0.417. The summed E-state index contributed by atoms with van der Waals surface area (Å²) in [5.41, 5.74) is 0.498. The highest BCUT2D eigenvalue weighted by atomic mass is 32.2. The molecule has 17 heavy (non-hydrogen) atoms. The van der Waals surface area contributed by atoms with Crippen molar-refractivity contribution in [2.75, 3.05) is 19.5 Å². The first-order valence-electron chi connectivity index (χ1n) is 5.61. The minimum absolute atomic E-state index is 0.0762. The lowest BCUT2D eigenvalue weighted by atomic mass is 9.86. The molecule has 2 aliphatic heterocycles. The molecule has 1 atom stereocenters. The van der Waals surface area contributed by atoms with E-state index in [1.807, 2.05) is 18.2 Å². The smallest absolute Gasteiger partial charge is 0.246 e. The van der Waals surface area contributed by atoms with Crippen LogP contribution < -0.4 is 15.4 Å². The van der Waals surface area contributed by atoms with Gasteiger partial charge in [-0.2, -0.15) is 0 Å². The Balaban J connectivity index is 2.14. The average Bonchev–Trinajstić information content (AvgIpc) is 2.72. The molecule has 4 nitrogen and oxygen atoms in total. The standard InChI is InChI=1S/C12H14N2O2S/c1-16-8-2-3-10-9(6-8)12(4-5-17-10)11(15)13-7-14-12/h2-3,6,14H,4-5,7H2,1H3,(H,13,15). The third kappa shape index (κ3) is 1.53. The lowest BCUT2D eigenvalue weighted by molar-refractivity contribution is -0.124. The number of amides is 1. The highest BCUT2D eigenvalue weighted by Crippen LogP contribution is 2.42. The van der Waals surface area contributed by atoms with Crippen molar-refractivity contribution < 1.29 is 9.53 Å². The molecule has 1 aromatic carbocycles. The van der Waals surface area contributed by atoms with E-state index in [1.165, 1.54) is 4.90 Å².